The van der Waals surface area contributed by atoms with E-state index in [2.05, 4.69) is 5.32 Å². The van der Waals surface area contributed by atoms with E-state index in [0.29, 0.717) is 16.5 Å². The lowest BCUT2D eigenvalue weighted by Crippen LogP contribution is -2.20. The molecular weight excluding hydrogens is 347 g/mol. The first-order valence-corrected chi connectivity index (χ1v) is 7.11. The number of methoxy groups -OCH3 is 1. The van der Waals surface area contributed by atoms with E-state index in [9.17, 15) is 18.0 Å². The summed E-state index contributed by atoms with van der Waals surface area (Å²) in [5, 5.41) is 2.97. The number of nitrogens with one attached hydrogen (secondary N) is 1. The molecule has 2 aromatic rings. The molecule has 128 valence electrons. The van der Waals surface area contributed by atoms with Gasteiger partial charge in [-0.15, -0.1) is 0 Å². The van der Waals surface area contributed by atoms with E-state index in [1.807, 2.05) is 0 Å². The van der Waals surface area contributed by atoms with E-state index in [-0.39, 0.29) is 12.4 Å². The van der Waals surface area contributed by atoms with Crippen molar-refractivity contribution in [3.8, 4) is 11.5 Å². The minimum Gasteiger partial charge on any atom is -0.495 e. The predicted octanol–water partition coefficient (Wildman–Crippen LogP) is 4.38. The lowest BCUT2D eigenvalue weighted by Gasteiger charge is -2.12. The third-order valence-corrected chi connectivity index (χ3v) is 3.22. The SMILES string of the molecule is COc1ccc(Cl)cc1NC(=O)COc1ccc(C(F)(F)F)cc1. The standard InChI is InChI=1S/C16H13ClF3NO3/c1-23-14-7-4-11(17)8-13(14)21-15(22)9-24-12-5-2-10(3-6-12)16(18,19)20/h2-8H,9H2,1H3,(H,21,22). The van der Waals surface area contributed by atoms with Crippen LogP contribution < -0.4 is 14.8 Å². The van der Waals surface area contributed by atoms with Crippen molar-refractivity contribution in [2.75, 3.05) is 19.0 Å². The van der Waals surface area contributed by atoms with Crippen LogP contribution in [0.3, 0.4) is 0 Å². The molecular formula is C16H13ClF3NO3. The number of carbonyl (C=O) groups excluding carboxylic acids is 1. The van der Waals surface area contributed by atoms with Gasteiger partial charge < -0.3 is 14.8 Å². The summed E-state index contributed by atoms with van der Waals surface area (Å²) in [6, 6.07) is 8.77. The zero-order valence-corrected chi connectivity index (χ0v) is 13.2. The Morgan fingerprint density at radius 2 is 1.83 bits per heavy atom. The highest BCUT2D eigenvalue weighted by Crippen LogP contribution is 2.30. The summed E-state index contributed by atoms with van der Waals surface area (Å²) in [4.78, 5) is 11.9. The quantitative estimate of drug-likeness (QED) is 0.861. The zero-order chi connectivity index (χ0) is 17.7. The van der Waals surface area contributed by atoms with Crippen molar-refractivity contribution in [1.82, 2.24) is 0 Å². The number of amides is 1. The number of anilines is 1. The molecule has 0 atom stereocenters. The second-order valence-electron chi connectivity index (χ2n) is 4.70. The number of rotatable bonds is 5. The Morgan fingerprint density at radius 3 is 2.42 bits per heavy atom. The number of carbonyl (C=O) groups is 1. The van der Waals surface area contributed by atoms with Crippen LogP contribution >= 0.6 is 11.6 Å². The Bertz CT molecular complexity index is 717. The Morgan fingerprint density at radius 1 is 1.17 bits per heavy atom. The molecule has 0 unspecified atom stereocenters. The molecule has 0 aliphatic heterocycles. The molecule has 8 heteroatoms. The smallest absolute Gasteiger partial charge is 0.416 e. The number of alkyl halides is 3. The van der Waals surface area contributed by atoms with Crippen molar-refractivity contribution in [3.05, 3.63) is 53.1 Å². The van der Waals surface area contributed by atoms with Gasteiger partial charge in [0, 0.05) is 5.02 Å². The Labute approximate surface area is 141 Å². The number of hydrogen-bond acceptors (Lipinski definition) is 3. The second-order valence-corrected chi connectivity index (χ2v) is 5.14. The first kappa shape index (κ1) is 17.9. The average molecular weight is 360 g/mol. The van der Waals surface area contributed by atoms with Gasteiger partial charge >= 0.3 is 6.18 Å². The van der Waals surface area contributed by atoms with Crippen LogP contribution in [-0.4, -0.2) is 19.6 Å². The summed E-state index contributed by atoms with van der Waals surface area (Å²) >= 11 is 5.85. The third-order valence-electron chi connectivity index (χ3n) is 2.99. The number of halogens is 4. The van der Waals surface area contributed by atoms with Crippen molar-refractivity contribution in [2.24, 2.45) is 0 Å². The lowest BCUT2D eigenvalue weighted by molar-refractivity contribution is -0.137. The van der Waals surface area contributed by atoms with Crippen LogP contribution in [0.5, 0.6) is 11.5 Å². The molecule has 0 aliphatic carbocycles. The summed E-state index contributed by atoms with van der Waals surface area (Å²) in [6.07, 6.45) is -4.42. The molecule has 24 heavy (non-hydrogen) atoms. The molecule has 0 saturated carbocycles. The first-order chi connectivity index (χ1) is 11.3. The fourth-order valence-corrected chi connectivity index (χ4v) is 2.03. The zero-order valence-electron chi connectivity index (χ0n) is 12.5. The van der Waals surface area contributed by atoms with Gasteiger partial charge in [-0.05, 0) is 42.5 Å². The molecule has 4 nitrogen and oxygen atoms in total. The summed E-state index contributed by atoms with van der Waals surface area (Å²) in [5.41, 5.74) is -0.422. The topological polar surface area (TPSA) is 47.6 Å². The van der Waals surface area contributed by atoms with E-state index in [4.69, 9.17) is 21.1 Å². The fourth-order valence-electron chi connectivity index (χ4n) is 1.85. The maximum Gasteiger partial charge on any atom is 0.416 e. The summed E-state index contributed by atoms with van der Waals surface area (Å²) in [6.45, 7) is -0.374. The first-order valence-electron chi connectivity index (χ1n) is 6.73. The highest BCUT2D eigenvalue weighted by atomic mass is 35.5. The van der Waals surface area contributed by atoms with Crippen LogP contribution in [0, 0.1) is 0 Å². The molecule has 1 N–H and O–H groups in total. The molecule has 2 aromatic carbocycles. The number of ether oxygens (including phenoxy) is 2. The number of hydrogen-bond donors (Lipinski definition) is 1. The molecule has 0 aliphatic rings. The number of benzene rings is 2. The Kier molecular flexibility index (Phi) is 5.56. The Balaban J connectivity index is 1.95. The van der Waals surface area contributed by atoms with Crippen LogP contribution in [-0.2, 0) is 11.0 Å². The highest BCUT2D eigenvalue weighted by Gasteiger charge is 2.30. The van der Waals surface area contributed by atoms with Gasteiger partial charge in [0.15, 0.2) is 6.61 Å². The van der Waals surface area contributed by atoms with Crippen LogP contribution in [0.1, 0.15) is 5.56 Å². The summed E-state index contributed by atoms with van der Waals surface area (Å²) in [5.74, 6) is 0.0638. The van der Waals surface area contributed by atoms with Gasteiger partial charge in [0.05, 0.1) is 18.4 Å². The van der Waals surface area contributed by atoms with E-state index in [1.165, 1.54) is 13.2 Å². The van der Waals surface area contributed by atoms with Gasteiger partial charge in [0.1, 0.15) is 11.5 Å². The second kappa shape index (κ2) is 7.44. The van der Waals surface area contributed by atoms with Gasteiger partial charge in [-0.25, -0.2) is 0 Å². The van der Waals surface area contributed by atoms with E-state index < -0.39 is 17.6 Å². The summed E-state index contributed by atoms with van der Waals surface area (Å²) in [7, 11) is 1.44. The van der Waals surface area contributed by atoms with Gasteiger partial charge in [-0.2, -0.15) is 13.2 Å². The molecule has 0 saturated heterocycles. The minimum atomic E-state index is -4.42. The van der Waals surface area contributed by atoms with Gasteiger partial charge in [-0.3, -0.25) is 4.79 Å². The molecule has 0 spiro atoms. The van der Waals surface area contributed by atoms with E-state index >= 15 is 0 Å². The highest BCUT2D eigenvalue weighted by molar-refractivity contribution is 6.31. The van der Waals surface area contributed by atoms with Crippen LogP contribution in [0.4, 0.5) is 18.9 Å². The van der Waals surface area contributed by atoms with Crippen LogP contribution in [0.2, 0.25) is 5.02 Å². The van der Waals surface area contributed by atoms with Crippen LogP contribution in [0.15, 0.2) is 42.5 Å². The van der Waals surface area contributed by atoms with E-state index in [0.717, 1.165) is 24.3 Å². The van der Waals surface area contributed by atoms with Crippen molar-refractivity contribution in [1.29, 1.82) is 0 Å². The lowest BCUT2D eigenvalue weighted by atomic mass is 10.2. The van der Waals surface area contributed by atoms with Gasteiger partial charge in [0.25, 0.3) is 5.91 Å². The molecule has 0 radical (unpaired) electrons. The fraction of sp³-hybridized carbons (Fsp3) is 0.188. The minimum absolute atomic E-state index is 0.149. The maximum atomic E-state index is 12.5. The van der Waals surface area contributed by atoms with Crippen molar-refractivity contribution >= 4 is 23.2 Å². The predicted molar refractivity (Wildman–Crippen MR) is 83.6 cm³/mol. The molecule has 2 rings (SSSR count). The van der Waals surface area contributed by atoms with Gasteiger partial charge in [-0.1, -0.05) is 11.6 Å². The largest absolute Gasteiger partial charge is 0.495 e. The van der Waals surface area contributed by atoms with E-state index in [1.54, 1.807) is 12.1 Å². The normalized spacial score (nSPS) is 11.0. The molecule has 0 bridgehead atoms. The average Bonchev–Trinajstić information content (AvgIpc) is 2.53. The van der Waals surface area contributed by atoms with Crippen LogP contribution in [0.25, 0.3) is 0 Å². The molecule has 0 fully saturated rings. The van der Waals surface area contributed by atoms with Crippen molar-refractivity contribution in [3.63, 3.8) is 0 Å². The summed E-state index contributed by atoms with van der Waals surface area (Å²) < 4.78 is 47.6. The van der Waals surface area contributed by atoms with Crippen molar-refractivity contribution < 1.29 is 27.4 Å². The van der Waals surface area contributed by atoms with Crippen molar-refractivity contribution in [2.45, 2.75) is 6.18 Å². The molecule has 0 aromatic heterocycles. The Hall–Kier alpha value is -2.41. The van der Waals surface area contributed by atoms with Gasteiger partial charge in [0.2, 0.25) is 0 Å². The monoisotopic (exact) mass is 359 g/mol. The molecule has 0 heterocycles. The molecule has 1 amide bonds. The maximum absolute atomic E-state index is 12.5. The third kappa shape index (κ3) is 4.79.